The van der Waals surface area contributed by atoms with Gasteiger partial charge in [-0.15, -0.1) is 10.2 Å². The van der Waals surface area contributed by atoms with Gasteiger partial charge in [0.2, 0.25) is 0 Å². The van der Waals surface area contributed by atoms with Crippen molar-refractivity contribution in [1.29, 1.82) is 0 Å². The predicted molar refractivity (Wildman–Crippen MR) is 38.8 cm³/mol. The molecule has 54 valence electrons. The first kappa shape index (κ1) is 7.40. The molecule has 0 fully saturated rings. The SMILES string of the molecule is CCn1nc(Br)c(C=O)n1. The number of aryl methyl sites for hydroxylation is 1. The summed E-state index contributed by atoms with van der Waals surface area (Å²) in [6.45, 7) is 2.58. The molecule has 0 aromatic carbocycles. The molecule has 1 aromatic heterocycles. The summed E-state index contributed by atoms with van der Waals surface area (Å²) in [5.74, 6) is 0. The zero-order valence-electron chi connectivity index (χ0n) is 5.41. The van der Waals surface area contributed by atoms with Crippen molar-refractivity contribution >= 4 is 22.2 Å². The maximum atomic E-state index is 10.2. The van der Waals surface area contributed by atoms with Crippen LogP contribution in [0.3, 0.4) is 0 Å². The van der Waals surface area contributed by atoms with Gasteiger partial charge in [0.05, 0.1) is 6.54 Å². The number of aldehydes is 1. The first-order chi connectivity index (χ1) is 4.77. The van der Waals surface area contributed by atoms with Gasteiger partial charge in [-0.25, -0.2) is 0 Å². The van der Waals surface area contributed by atoms with Crippen LogP contribution in [-0.4, -0.2) is 21.3 Å². The van der Waals surface area contributed by atoms with Gasteiger partial charge in [-0.05, 0) is 22.9 Å². The van der Waals surface area contributed by atoms with Crippen LogP contribution in [0.15, 0.2) is 4.60 Å². The molecule has 1 heterocycles. The smallest absolute Gasteiger partial charge is 0.173 e. The van der Waals surface area contributed by atoms with Crippen LogP contribution in [0.2, 0.25) is 0 Å². The number of aromatic nitrogens is 3. The number of rotatable bonds is 2. The average molecular weight is 204 g/mol. The van der Waals surface area contributed by atoms with Crippen LogP contribution in [0, 0.1) is 0 Å². The third-order valence-electron chi connectivity index (χ3n) is 1.03. The molecule has 0 amide bonds. The summed E-state index contributed by atoms with van der Waals surface area (Å²) in [7, 11) is 0. The van der Waals surface area contributed by atoms with E-state index < -0.39 is 0 Å². The molecular weight excluding hydrogens is 198 g/mol. The second-order valence-electron chi connectivity index (χ2n) is 1.68. The van der Waals surface area contributed by atoms with Crippen LogP contribution in [0.1, 0.15) is 17.4 Å². The molecule has 0 saturated heterocycles. The van der Waals surface area contributed by atoms with Gasteiger partial charge in [-0.3, -0.25) is 4.79 Å². The molecule has 0 aliphatic carbocycles. The van der Waals surface area contributed by atoms with Crippen LogP contribution in [-0.2, 0) is 6.54 Å². The normalized spacial score (nSPS) is 9.80. The summed E-state index contributed by atoms with van der Waals surface area (Å²) in [4.78, 5) is 11.7. The van der Waals surface area contributed by atoms with Crippen LogP contribution in [0.5, 0.6) is 0 Å². The zero-order chi connectivity index (χ0) is 7.56. The molecule has 0 saturated carbocycles. The number of halogens is 1. The van der Waals surface area contributed by atoms with Crippen molar-refractivity contribution in [2.75, 3.05) is 0 Å². The molecule has 0 N–H and O–H groups in total. The van der Waals surface area contributed by atoms with E-state index in [2.05, 4.69) is 26.1 Å². The molecule has 4 nitrogen and oxygen atoms in total. The van der Waals surface area contributed by atoms with E-state index >= 15 is 0 Å². The van der Waals surface area contributed by atoms with Crippen molar-refractivity contribution in [3.05, 3.63) is 10.3 Å². The van der Waals surface area contributed by atoms with Gasteiger partial charge in [0, 0.05) is 0 Å². The minimum absolute atomic E-state index is 0.349. The highest BCUT2D eigenvalue weighted by Gasteiger charge is 2.04. The lowest BCUT2D eigenvalue weighted by Gasteiger charge is -1.86. The van der Waals surface area contributed by atoms with Crippen molar-refractivity contribution < 1.29 is 4.79 Å². The van der Waals surface area contributed by atoms with E-state index in [4.69, 9.17) is 0 Å². The summed E-state index contributed by atoms with van der Waals surface area (Å²) in [6, 6.07) is 0. The molecule has 10 heavy (non-hydrogen) atoms. The largest absolute Gasteiger partial charge is 0.296 e. The monoisotopic (exact) mass is 203 g/mol. The number of carbonyl (C=O) groups is 1. The summed E-state index contributed by atoms with van der Waals surface area (Å²) < 4.78 is 0.504. The van der Waals surface area contributed by atoms with Crippen LogP contribution in [0.4, 0.5) is 0 Å². The Hall–Kier alpha value is -0.710. The van der Waals surface area contributed by atoms with Gasteiger partial charge in [0.1, 0.15) is 0 Å². The van der Waals surface area contributed by atoms with Gasteiger partial charge in [-0.1, -0.05) is 0 Å². The number of nitrogens with zero attached hydrogens (tertiary/aromatic N) is 3. The molecule has 0 unspecified atom stereocenters. The fourth-order valence-corrected chi connectivity index (χ4v) is 0.910. The van der Waals surface area contributed by atoms with E-state index in [9.17, 15) is 4.79 Å². The third-order valence-corrected chi connectivity index (χ3v) is 1.60. The van der Waals surface area contributed by atoms with Crippen molar-refractivity contribution in [3.63, 3.8) is 0 Å². The van der Waals surface area contributed by atoms with Crippen molar-refractivity contribution in [2.24, 2.45) is 0 Å². The quantitative estimate of drug-likeness (QED) is 0.671. The molecule has 5 heteroatoms. The maximum absolute atomic E-state index is 10.2. The molecule has 0 aliphatic rings. The number of carbonyl (C=O) groups excluding carboxylic acids is 1. The molecular formula is C5H6BrN3O. The average Bonchev–Trinajstić information content (AvgIpc) is 2.30. The lowest BCUT2D eigenvalue weighted by atomic mass is 10.6. The van der Waals surface area contributed by atoms with Gasteiger partial charge in [0.25, 0.3) is 0 Å². The third kappa shape index (κ3) is 1.23. The second-order valence-corrected chi connectivity index (χ2v) is 2.43. The van der Waals surface area contributed by atoms with E-state index in [0.717, 1.165) is 0 Å². The molecule has 0 aliphatic heterocycles. The number of hydrogen-bond donors (Lipinski definition) is 0. The van der Waals surface area contributed by atoms with Crippen molar-refractivity contribution in [3.8, 4) is 0 Å². The molecule has 1 rings (SSSR count). The minimum Gasteiger partial charge on any atom is -0.296 e. The lowest BCUT2D eigenvalue weighted by molar-refractivity contribution is 0.111. The van der Waals surface area contributed by atoms with Crippen LogP contribution >= 0.6 is 15.9 Å². The Morgan fingerprint density at radius 1 is 1.70 bits per heavy atom. The Bertz CT molecular complexity index is 245. The highest BCUT2D eigenvalue weighted by Crippen LogP contribution is 2.07. The molecule has 0 bridgehead atoms. The Kier molecular flexibility index (Phi) is 2.16. The van der Waals surface area contributed by atoms with E-state index in [0.29, 0.717) is 23.1 Å². The highest BCUT2D eigenvalue weighted by molar-refractivity contribution is 9.10. The molecule has 0 radical (unpaired) electrons. The Morgan fingerprint density at radius 2 is 2.40 bits per heavy atom. The summed E-state index contributed by atoms with van der Waals surface area (Å²) >= 11 is 3.09. The standard InChI is InChI=1S/C5H6BrN3O/c1-2-9-7-4(3-10)5(6)8-9/h3H,2H2,1H3. The van der Waals surface area contributed by atoms with Crippen LogP contribution in [0.25, 0.3) is 0 Å². The Labute approximate surface area is 66.4 Å². The van der Waals surface area contributed by atoms with Gasteiger partial charge in [0.15, 0.2) is 16.6 Å². The topological polar surface area (TPSA) is 47.8 Å². The highest BCUT2D eigenvalue weighted by atomic mass is 79.9. The first-order valence-electron chi connectivity index (χ1n) is 2.83. The van der Waals surface area contributed by atoms with Gasteiger partial charge in [-0.2, -0.15) is 4.80 Å². The van der Waals surface area contributed by atoms with Gasteiger partial charge < -0.3 is 0 Å². The lowest BCUT2D eigenvalue weighted by Crippen LogP contribution is -1.98. The number of hydrogen-bond acceptors (Lipinski definition) is 3. The zero-order valence-corrected chi connectivity index (χ0v) is 7.00. The van der Waals surface area contributed by atoms with Crippen molar-refractivity contribution in [1.82, 2.24) is 15.0 Å². The van der Waals surface area contributed by atoms with Gasteiger partial charge >= 0.3 is 0 Å². The fraction of sp³-hybridized carbons (Fsp3) is 0.400. The minimum atomic E-state index is 0.349. The second kappa shape index (κ2) is 2.92. The van der Waals surface area contributed by atoms with Crippen molar-refractivity contribution in [2.45, 2.75) is 13.5 Å². The van der Waals surface area contributed by atoms with E-state index in [1.807, 2.05) is 6.92 Å². The van der Waals surface area contributed by atoms with Crippen LogP contribution < -0.4 is 0 Å². The summed E-state index contributed by atoms with van der Waals surface area (Å²) in [6.07, 6.45) is 0.670. The summed E-state index contributed by atoms with van der Waals surface area (Å²) in [5, 5.41) is 7.73. The summed E-state index contributed by atoms with van der Waals surface area (Å²) in [5.41, 5.74) is 0.349. The predicted octanol–water partition coefficient (Wildman–Crippen LogP) is 0.873. The maximum Gasteiger partial charge on any atom is 0.173 e. The Balaban J connectivity index is 3.03. The molecule has 0 atom stereocenters. The van der Waals surface area contributed by atoms with E-state index in [1.54, 1.807) is 0 Å². The molecule has 0 spiro atoms. The Morgan fingerprint density at radius 3 is 2.70 bits per heavy atom. The van der Waals surface area contributed by atoms with E-state index in [1.165, 1.54) is 4.80 Å². The first-order valence-corrected chi connectivity index (χ1v) is 3.63. The fourth-order valence-electron chi connectivity index (χ4n) is 0.554. The van der Waals surface area contributed by atoms with E-state index in [-0.39, 0.29) is 0 Å². The molecule has 1 aromatic rings.